The SMILES string of the molecule is O=C(Nc1ccc(Cc2nc3ccccc3s2)cc1)[C@H]1CCCO1. The van der Waals surface area contributed by atoms with Crippen molar-refractivity contribution in [3.63, 3.8) is 0 Å². The minimum Gasteiger partial charge on any atom is -0.368 e. The molecule has 0 aliphatic carbocycles. The van der Waals surface area contributed by atoms with Crippen LogP contribution in [0.25, 0.3) is 10.2 Å². The molecular weight excluding hydrogens is 320 g/mol. The Morgan fingerprint density at radius 2 is 2.04 bits per heavy atom. The smallest absolute Gasteiger partial charge is 0.253 e. The highest BCUT2D eigenvalue weighted by atomic mass is 32.1. The third-order valence-corrected chi connectivity index (χ3v) is 5.17. The number of amides is 1. The molecule has 1 aliphatic heterocycles. The Kier molecular flexibility index (Phi) is 4.28. The summed E-state index contributed by atoms with van der Waals surface area (Å²) in [6, 6.07) is 16.1. The van der Waals surface area contributed by atoms with Gasteiger partial charge in [-0.05, 0) is 42.7 Å². The van der Waals surface area contributed by atoms with Crippen molar-refractivity contribution < 1.29 is 9.53 Å². The van der Waals surface area contributed by atoms with Crippen molar-refractivity contribution in [2.75, 3.05) is 11.9 Å². The first-order chi connectivity index (χ1) is 11.8. The monoisotopic (exact) mass is 338 g/mol. The van der Waals surface area contributed by atoms with Gasteiger partial charge in [-0.25, -0.2) is 4.98 Å². The van der Waals surface area contributed by atoms with Gasteiger partial charge >= 0.3 is 0 Å². The number of fused-ring (bicyclic) bond motifs is 1. The number of hydrogen-bond donors (Lipinski definition) is 1. The van der Waals surface area contributed by atoms with Crippen LogP contribution in [0.3, 0.4) is 0 Å². The molecule has 1 amide bonds. The predicted molar refractivity (Wildman–Crippen MR) is 96.5 cm³/mol. The highest BCUT2D eigenvalue weighted by Crippen LogP contribution is 2.24. The molecule has 1 N–H and O–H groups in total. The Morgan fingerprint density at radius 3 is 2.79 bits per heavy atom. The number of hydrogen-bond acceptors (Lipinski definition) is 4. The number of carbonyl (C=O) groups is 1. The Bertz CT molecular complexity index is 818. The number of carbonyl (C=O) groups excluding carboxylic acids is 1. The molecule has 0 unspecified atom stereocenters. The van der Waals surface area contributed by atoms with Crippen LogP contribution < -0.4 is 5.32 Å². The Hall–Kier alpha value is -2.24. The highest BCUT2D eigenvalue weighted by Gasteiger charge is 2.23. The molecule has 1 atom stereocenters. The summed E-state index contributed by atoms with van der Waals surface area (Å²) in [5, 5.41) is 4.02. The second-order valence-corrected chi connectivity index (χ2v) is 7.06. The Balaban J connectivity index is 1.42. The molecule has 1 aliphatic rings. The van der Waals surface area contributed by atoms with Crippen LogP contribution >= 0.6 is 11.3 Å². The topological polar surface area (TPSA) is 51.2 Å². The molecule has 2 aromatic carbocycles. The highest BCUT2D eigenvalue weighted by molar-refractivity contribution is 7.18. The Labute approximate surface area is 144 Å². The average Bonchev–Trinajstić information content (AvgIpc) is 3.25. The van der Waals surface area contributed by atoms with Crippen molar-refractivity contribution in [2.24, 2.45) is 0 Å². The molecule has 1 fully saturated rings. The van der Waals surface area contributed by atoms with E-state index in [-0.39, 0.29) is 12.0 Å². The van der Waals surface area contributed by atoms with E-state index in [0.717, 1.165) is 35.5 Å². The molecule has 122 valence electrons. The second-order valence-electron chi connectivity index (χ2n) is 5.94. The summed E-state index contributed by atoms with van der Waals surface area (Å²) in [6.07, 6.45) is 2.27. The van der Waals surface area contributed by atoms with Crippen molar-refractivity contribution in [1.29, 1.82) is 0 Å². The molecule has 1 aromatic heterocycles. The maximum Gasteiger partial charge on any atom is 0.253 e. The van der Waals surface area contributed by atoms with Gasteiger partial charge in [0, 0.05) is 18.7 Å². The van der Waals surface area contributed by atoms with E-state index in [1.807, 2.05) is 42.5 Å². The summed E-state index contributed by atoms with van der Waals surface area (Å²) in [5.41, 5.74) is 3.05. The van der Waals surface area contributed by atoms with Gasteiger partial charge < -0.3 is 10.1 Å². The lowest BCUT2D eigenvalue weighted by molar-refractivity contribution is -0.124. The van der Waals surface area contributed by atoms with E-state index in [1.165, 1.54) is 10.3 Å². The molecule has 4 rings (SSSR count). The molecule has 0 bridgehead atoms. The number of para-hydroxylation sites is 1. The van der Waals surface area contributed by atoms with Gasteiger partial charge in [0.1, 0.15) is 6.10 Å². The number of thiazole rings is 1. The van der Waals surface area contributed by atoms with Gasteiger partial charge in [-0.2, -0.15) is 0 Å². The van der Waals surface area contributed by atoms with E-state index >= 15 is 0 Å². The van der Waals surface area contributed by atoms with Crippen LogP contribution in [0.5, 0.6) is 0 Å². The van der Waals surface area contributed by atoms with Crippen LogP contribution in [0.4, 0.5) is 5.69 Å². The summed E-state index contributed by atoms with van der Waals surface area (Å²) >= 11 is 1.73. The van der Waals surface area contributed by atoms with Crippen LogP contribution in [0.15, 0.2) is 48.5 Å². The van der Waals surface area contributed by atoms with Crippen molar-refractivity contribution in [3.8, 4) is 0 Å². The number of rotatable bonds is 4. The lowest BCUT2D eigenvalue weighted by Crippen LogP contribution is -2.26. The number of nitrogens with one attached hydrogen (secondary N) is 1. The molecule has 1 saturated heterocycles. The van der Waals surface area contributed by atoms with E-state index in [2.05, 4.69) is 16.4 Å². The number of aromatic nitrogens is 1. The summed E-state index contributed by atoms with van der Waals surface area (Å²) in [5.74, 6) is -0.0496. The molecule has 0 radical (unpaired) electrons. The first-order valence-electron chi connectivity index (χ1n) is 8.14. The second kappa shape index (κ2) is 6.71. The molecule has 2 heterocycles. The molecule has 4 nitrogen and oxygen atoms in total. The standard InChI is InChI=1S/C19H18N2O2S/c22-19(16-5-3-11-23-16)20-14-9-7-13(8-10-14)12-18-21-15-4-1-2-6-17(15)24-18/h1-2,4,6-10,16H,3,5,11-12H2,(H,20,22)/t16-/m1/s1. The average molecular weight is 338 g/mol. The van der Waals surface area contributed by atoms with Gasteiger partial charge in [0.25, 0.3) is 5.91 Å². The van der Waals surface area contributed by atoms with Gasteiger partial charge in [0.2, 0.25) is 0 Å². The third kappa shape index (κ3) is 3.32. The predicted octanol–water partition coefficient (Wildman–Crippen LogP) is 4.00. The van der Waals surface area contributed by atoms with Crippen LogP contribution in [-0.4, -0.2) is 23.6 Å². The zero-order valence-corrected chi connectivity index (χ0v) is 14.0. The quantitative estimate of drug-likeness (QED) is 0.782. The summed E-state index contributed by atoms with van der Waals surface area (Å²) in [7, 11) is 0. The number of benzene rings is 2. The summed E-state index contributed by atoms with van der Waals surface area (Å²) in [4.78, 5) is 16.7. The van der Waals surface area contributed by atoms with E-state index in [4.69, 9.17) is 4.74 Å². The van der Waals surface area contributed by atoms with Crippen molar-refractivity contribution in [2.45, 2.75) is 25.4 Å². The zero-order chi connectivity index (χ0) is 16.4. The molecule has 0 spiro atoms. The first-order valence-corrected chi connectivity index (χ1v) is 8.95. The van der Waals surface area contributed by atoms with Crippen LogP contribution in [-0.2, 0) is 16.0 Å². The minimum atomic E-state index is -0.299. The molecule has 3 aromatic rings. The van der Waals surface area contributed by atoms with E-state index in [9.17, 15) is 4.79 Å². The van der Waals surface area contributed by atoms with Gasteiger partial charge in [-0.3, -0.25) is 4.79 Å². The maximum absolute atomic E-state index is 12.0. The molecule has 24 heavy (non-hydrogen) atoms. The van der Waals surface area contributed by atoms with E-state index in [1.54, 1.807) is 11.3 Å². The number of anilines is 1. The lowest BCUT2D eigenvalue weighted by Gasteiger charge is -2.10. The van der Waals surface area contributed by atoms with Crippen molar-refractivity contribution in [3.05, 3.63) is 59.1 Å². The summed E-state index contributed by atoms with van der Waals surface area (Å²) < 4.78 is 6.62. The largest absolute Gasteiger partial charge is 0.368 e. The maximum atomic E-state index is 12.0. The normalized spacial score (nSPS) is 17.2. The van der Waals surface area contributed by atoms with Gasteiger partial charge in [-0.15, -0.1) is 11.3 Å². The molecule has 5 heteroatoms. The fourth-order valence-corrected chi connectivity index (χ4v) is 3.88. The van der Waals surface area contributed by atoms with Gasteiger partial charge in [-0.1, -0.05) is 24.3 Å². The van der Waals surface area contributed by atoms with Crippen LogP contribution in [0, 0.1) is 0 Å². The van der Waals surface area contributed by atoms with Gasteiger partial charge in [0.05, 0.1) is 15.2 Å². The van der Waals surface area contributed by atoms with Crippen LogP contribution in [0.1, 0.15) is 23.4 Å². The number of nitrogens with zero attached hydrogens (tertiary/aromatic N) is 1. The molecule has 0 saturated carbocycles. The summed E-state index contributed by atoms with van der Waals surface area (Å²) in [6.45, 7) is 0.680. The van der Waals surface area contributed by atoms with Gasteiger partial charge in [0.15, 0.2) is 0 Å². The molecular formula is C19H18N2O2S. The zero-order valence-electron chi connectivity index (χ0n) is 13.2. The van der Waals surface area contributed by atoms with Crippen molar-refractivity contribution in [1.82, 2.24) is 4.98 Å². The van der Waals surface area contributed by atoms with Crippen LogP contribution in [0.2, 0.25) is 0 Å². The number of ether oxygens (including phenoxy) is 1. The minimum absolute atomic E-state index is 0.0496. The lowest BCUT2D eigenvalue weighted by atomic mass is 10.1. The fourth-order valence-electron chi connectivity index (χ4n) is 2.88. The Morgan fingerprint density at radius 1 is 1.21 bits per heavy atom. The van der Waals surface area contributed by atoms with E-state index in [0.29, 0.717) is 6.61 Å². The first kappa shape index (κ1) is 15.3. The van der Waals surface area contributed by atoms with Crippen molar-refractivity contribution >= 4 is 33.1 Å². The fraction of sp³-hybridized carbons (Fsp3) is 0.263. The van der Waals surface area contributed by atoms with E-state index < -0.39 is 0 Å². The third-order valence-electron chi connectivity index (χ3n) is 4.14.